The van der Waals surface area contributed by atoms with Crippen LogP contribution >= 0.6 is 24.0 Å². The maximum absolute atomic E-state index is 10.7. The number of thioether (sulfide) groups is 1. The number of rotatable bonds is 2. The topological polar surface area (TPSA) is 75.4 Å². The van der Waals surface area contributed by atoms with Gasteiger partial charge in [0.05, 0.1) is 0 Å². The predicted molar refractivity (Wildman–Crippen MR) is 47.6 cm³/mol. The predicted octanol–water partition coefficient (Wildman–Crippen LogP) is -0.610. The first-order valence-corrected chi connectivity index (χ1v) is 4.41. The van der Waals surface area contributed by atoms with Crippen molar-refractivity contribution in [2.75, 3.05) is 12.3 Å². The molecule has 6 heteroatoms. The van der Waals surface area contributed by atoms with E-state index < -0.39 is 10.8 Å². The number of thiocarbonyl (C=S) groups is 1. The van der Waals surface area contributed by atoms with Gasteiger partial charge in [-0.15, -0.1) is 11.8 Å². The second-order valence-electron chi connectivity index (χ2n) is 2.13. The van der Waals surface area contributed by atoms with E-state index in [1.165, 1.54) is 11.8 Å². The van der Waals surface area contributed by atoms with E-state index in [1.54, 1.807) is 0 Å². The molecular weight excluding hydrogens is 184 g/mol. The molecule has 1 atom stereocenters. The molecule has 1 fully saturated rings. The van der Waals surface area contributed by atoms with E-state index in [1.807, 2.05) is 0 Å². The van der Waals surface area contributed by atoms with Crippen LogP contribution in [0.5, 0.6) is 0 Å². The molecule has 4 N–H and O–H groups in total. The van der Waals surface area contributed by atoms with Gasteiger partial charge in [-0.3, -0.25) is 5.32 Å². The fourth-order valence-electron chi connectivity index (χ4n) is 0.883. The third-order valence-corrected chi connectivity index (χ3v) is 3.26. The summed E-state index contributed by atoms with van der Waals surface area (Å²) in [4.78, 5) is 9.49. The summed E-state index contributed by atoms with van der Waals surface area (Å²) in [5, 5.41) is 11.5. The number of hydrogen-bond donors (Lipinski definition) is 3. The smallest absolute Gasteiger partial charge is 0.341 e. The van der Waals surface area contributed by atoms with Gasteiger partial charge < -0.3 is 10.8 Å². The maximum Gasteiger partial charge on any atom is 0.341 e. The lowest BCUT2D eigenvalue weighted by atomic mass is 10.3. The summed E-state index contributed by atoms with van der Waals surface area (Å²) < 4.78 is 0. The Labute approximate surface area is 73.5 Å². The minimum Gasteiger partial charge on any atom is -0.479 e. The monoisotopic (exact) mass is 192 g/mol. The highest BCUT2D eigenvalue weighted by atomic mass is 32.2. The molecule has 11 heavy (non-hydrogen) atoms. The summed E-state index contributed by atoms with van der Waals surface area (Å²) in [5.74, 6) is -0.281. The summed E-state index contributed by atoms with van der Waals surface area (Å²) in [6, 6.07) is 0. The molecule has 0 radical (unpaired) electrons. The molecule has 0 aromatic heterocycles. The maximum atomic E-state index is 10.7. The first-order chi connectivity index (χ1) is 5.09. The summed E-state index contributed by atoms with van der Waals surface area (Å²) in [7, 11) is 0. The van der Waals surface area contributed by atoms with Crippen molar-refractivity contribution in [3.63, 3.8) is 0 Å². The highest BCUT2D eigenvalue weighted by molar-refractivity contribution is 8.03. The lowest BCUT2D eigenvalue weighted by molar-refractivity contribution is -0.138. The van der Waals surface area contributed by atoms with Crippen molar-refractivity contribution in [3.8, 4) is 0 Å². The molecule has 1 aliphatic heterocycles. The van der Waals surface area contributed by atoms with Crippen LogP contribution in [0.15, 0.2) is 0 Å². The number of nitrogens with two attached hydrogens (primary N) is 1. The van der Waals surface area contributed by atoms with Gasteiger partial charge in [0.1, 0.15) is 4.99 Å². The van der Waals surface area contributed by atoms with Crippen LogP contribution in [-0.2, 0) is 4.79 Å². The van der Waals surface area contributed by atoms with Crippen LogP contribution in [0, 0.1) is 0 Å². The summed E-state index contributed by atoms with van der Waals surface area (Å²) >= 11 is 5.89. The number of aliphatic carboxylic acids is 1. The van der Waals surface area contributed by atoms with Crippen LogP contribution < -0.4 is 11.1 Å². The van der Waals surface area contributed by atoms with Crippen LogP contribution in [-0.4, -0.2) is 33.2 Å². The molecule has 1 unspecified atom stereocenters. The molecule has 0 amide bonds. The molecule has 4 nitrogen and oxygen atoms in total. The molecule has 62 valence electrons. The second-order valence-corrected chi connectivity index (χ2v) is 3.87. The van der Waals surface area contributed by atoms with Gasteiger partial charge in [-0.25, -0.2) is 4.79 Å². The SMILES string of the molecule is NC(=S)C1(C(=O)O)NCCS1. The second kappa shape index (κ2) is 2.96. The summed E-state index contributed by atoms with van der Waals surface area (Å²) in [6.07, 6.45) is 0. The number of nitrogens with one attached hydrogen (secondary N) is 1. The zero-order valence-electron chi connectivity index (χ0n) is 5.66. The Morgan fingerprint density at radius 1 is 1.82 bits per heavy atom. The zero-order valence-corrected chi connectivity index (χ0v) is 7.30. The average Bonchev–Trinajstić information content (AvgIpc) is 2.34. The Balaban J connectivity index is 2.87. The van der Waals surface area contributed by atoms with Crippen molar-refractivity contribution in [2.45, 2.75) is 4.87 Å². The minimum atomic E-state index is -1.21. The number of carboxylic acid groups (broad SMARTS) is 1. The minimum absolute atomic E-state index is 0.00694. The number of hydrogen-bond acceptors (Lipinski definition) is 4. The molecule has 1 saturated heterocycles. The van der Waals surface area contributed by atoms with Crippen LogP contribution in [0.3, 0.4) is 0 Å². The lowest BCUT2D eigenvalue weighted by Crippen LogP contribution is -2.54. The molecule has 0 saturated carbocycles. The van der Waals surface area contributed by atoms with Gasteiger partial charge in [0.15, 0.2) is 0 Å². The zero-order chi connectivity index (χ0) is 8.48. The van der Waals surface area contributed by atoms with Crippen molar-refractivity contribution in [1.29, 1.82) is 0 Å². The highest BCUT2D eigenvalue weighted by Gasteiger charge is 2.45. The van der Waals surface area contributed by atoms with Crippen molar-refractivity contribution >= 4 is 34.9 Å². The molecule has 1 heterocycles. The van der Waals surface area contributed by atoms with E-state index in [-0.39, 0.29) is 4.99 Å². The molecule has 0 aromatic carbocycles. The molecule has 1 aliphatic rings. The Hall–Kier alpha value is -0.330. The van der Waals surface area contributed by atoms with E-state index in [9.17, 15) is 4.79 Å². The molecule has 1 rings (SSSR count). The van der Waals surface area contributed by atoms with Crippen LogP contribution in [0.4, 0.5) is 0 Å². The third kappa shape index (κ3) is 1.33. The fourth-order valence-corrected chi connectivity index (χ4v) is 2.20. The van der Waals surface area contributed by atoms with E-state index in [2.05, 4.69) is 17.5 Å². The van der Waals surface area contributed by atoms with Gasteiger partial charge in [0, 0.05) is 12.3 Å². The normalized spacial score (nSPS) is 30.2. The largest absolute Gasteiger partial charge is 0.479 e. The van der Waals surface area contributed by atoms with E-state index >= 15 is 0 Å². The van der Waals surface area contributed by atoms with Crippen molar-refractivity contribution < 1.29 is 9.90 Å². The molecule has 0 aromatic rings. The quantitative estimate of drug-likeness (QED) is 0.507. The first-order valence-electron chi connectivity index (χ1n) is 3.02. The molecule has 0 aliphatic carbocycles. The van der Waals surface area contributed by atoms with E-state index in [4.69, 9.17) is 10.8 Å². The Bertz CT molecular complexity index is 185. The van der Waals surface area contributed by atoms with Crippen LogP contribution in [0.25, 0.3) is 0 Å². The van der Waals surface area contributed by atoms with Gasteiger partial charge in [0.25, 0.3) is 0 Å². The van der Waals surface area contributed by atoms with Crippen molar-refractivity contribution in [2.24, 2.45) is 5.73 Å². The van der Waals surface area contributed by atoms with Crippen LogP contribution in [0.2, 0.25) is 0 Å². The standard InChI is InChI=1S/C5H8N2O2S2/c6-3(10)5(4(8)9)7-1-2-11-5/h7H,1-2H2,(H2,6,10)(H,8,9). The van der Waals surface area contributed by atoms with Gasteiger partial charge in [0.2, 0.25) is 4.87 Å². The number of carbonyl (C=O) groups is 1. The van der Waals surface area contributed by atoms with Crippen molar-refractivity contribution in [1.82, 2.24) is 5.32 Å². The summed E-state index contributed by atoms with van der Waals surface area (Å²) in [5.41, 5.74) is 5.30. The first kappa shape index (κ1) is 8.76. The van der Waals surface area contributed by atoms with Gasteiger partial charge in [-0.05, 0) is 0 Å². The van der Waals surface area contributed by atoms with E-state index in [0.29, 0.717) is 6.54 Å². The van der Waals surface area contributed by atoms with Gasteiger partial charge >= 0.3 is 5.97 Å². The molecule has 0 spiro atoms. The van der Waals surface area contributed by atoms with Gasteiger partial charge in [-0.1, -0.05) is 12.2 Å². The average molecular weight is 192 g/mol. The highest BCUT2D eigenvalue weighted by Crippen LogP contribution is 2.27. The Morgan fingerprint density at radius 3 is 2.64 bits per heavy atom. The van der Waals surface area contributed by atoms with Crippen LogP contribution in [0.1, 0.15) is 0 Å². The fraction of sp³-hybridized carbons (Fsp3) is 0.600. The third-order valence-electron chi connectivity index (χ3n) is 1.44. The summed E-state index contributed by atoms with van der Waals surface area (Å²) in [6.45, 7) is 0.633. The molecule has 0 bridgehead atoms. The van der Waals surface area contributed by atoms with E-state index in [0.717, 1.165) is 5.75 Å². The lowest BCUT2D eigenvalue weighted by Gasteiger charge is -2.21. The number of carboxylic acids is 1. The Kier molecular flexibility index (Phi) is 2.36. The van der Waals surface area contributed by atoms with Gasteiger partial charge in [-0.2, -0.15) is 0 Å². The Morgan fingerprint density at radius 2 is 2.45 bits per heavy atom. The molecular formula is C5H8N2O2S2. The van der Waals surface area contributed by atoms with Crippen molar-refractivity contribution in [3.05, 3.63) is 0 Å².